The Morgan fingerprint density at radius 1 is 1.39 bits per heavy atom. The molecule has 1 aromatic heterocycles. The van der Waals surface area contributed by atoms with Crippen LogP contribution in [0.5, 0.6) is 0 Å². The predicted molar refractivity (Wildman–Crippen MR) is 74.6 cm³/mol. The molecule has 1 aliphatic rings. The Hall–Kier alpha value is -1.16. The van der Waals surface area contributed by atoms with E-state index in [4.69, 9.17) is 5.73 Å². The minimum Gasteiger partial charge on any atom is -0.352 e. The van der Waals surface area contributed by atoms with Crippen LogP contribution >= 0.6 is 0 Å². The van der Waals surface area contributed by atoms with Crippen molar-refractivity contribution in [3.63, 3.8) is 0 Å². The molecule has 0 radical (unpaired) electrons. The highest BCUT2D eigenvalue weighted by Crippen LogP contribution is 2.30. The summed E-state index contributed by atoms with van der Waals surface area (Å²) in [7, 11) is 0. The van der Waals surface area contributed by atoms with Crippen LogP contribution < -0.4 is 10.6 Å². The van der Waals surface area contributed by atoms with Crippen LogP contribution in [0, 0.1) is 12.8 Å². The Morgan fingerprint density at radius 2 is 2.17 bits per heavy atom. The van der Waals surface area contributed by atoms with Gasteiger partial charge in [-0.1, -0.05) is 12.8 Å². The van der Waals surface area contributed by atoms with Gasteiger partial charge in [0.05, 0.1) is 6.20 Å². The van der Waals surface area contributed by atoms with E-state index in [1.807, 2.05) is 0 Å². The average molecular weight is 248 g/mol. The van der Waals surface area contributed by atoms with Crippen molar-refractivity contribution in [3.8, 4) is 0 Å². The van der Waals surface area contributed by atoms with Gasteiger partial charge in [-0.3, -0.25) is 0 Å². The van der Waals surface area contributed by atoms with E-state index in [0.717, 1.165) is 18.9 Å². The summed E-state index contributed by atoms with van der Waals surface area (Å²) in [5.41, 5.74) is 7.10. The van der Waals surface area contributed by atoms with Gasteiger partial charge in [-0.15, -0.1) is 5.10 Å². The van der Waals surface area contributed by atoms with Crippen LogP contribution in [-0.2, 0) is 0 Å². The van der Waals surface area contributed by atoms with E-state index in [1.165, 1.54) is 31.2 Å². The maximum absolute atomic E-state index is 5.93. The summed E-state index contributed by atoms with van der Waals surface area (Å²) >= 11 is 0. The number of nitrogens with zero attached hydrogens (tertiary/aromatic N) is 3. The van der Waals surface area contributed by atoms with Gasteiger partial charge in [0.1, 0.15) is 0 Å². The van der Waals surface area contributed by atoms with E-state index in [1.54, 1.807) is 6.20 Å². The summed E-state index contributed by atoms with van der Waals surface area (Å²) in [6.07, 6.45) is 6.90. The number of nitrogens with two attached hydrogens (primary N) is 1. The lowest BCUT2D eigenvalue weighted by atomic mass is 9.83. The highest BCUT2D eigenvalue weighted by atomic mass is 15.3. The Kier molecular flexibility index (Phi) is 4.53. The van der Waals surface area contributed by atoms with Gasteiger partial charge in [-0.2, -0.15) is 5.10 Å². The second-order valence-electron chi connectivity index (χ2n) is 5.22. The molecule has 0 aromatic carbocycles. The van der Waals surface area contributed by atoms with Crippen molar-refractivity contribution < 1.29 is 0 Å². The minimum absolute atomic E-state index is 0.532. The second kappa shape index (κ2) is 6.14. The van der Waals surface area contributed by atoms with Crippen molar-refractivity contribution in [2.24, 2.45) is 11.7 Å². The van der Waals surface area contributed by atoms with Gasteiger partial charge in [0.2, 0.25) is 0 Å². The fourth-order valence-electron chi connectivity index (χ4n) is 3.03. The molecule has 2 rings (SSSR count). The van der Waals surface area contributed by atoms with E-state index in [-0.39, 0.29) is 0 Å². The first-order valence-corrected chi connectivity index (χ1v) is 7.02. The molecule has 1 fully saturated rings. The van der Waals surface area contributed by atoms with Crippen molar-refractivity contribution in [2.45, 2.75) is 45.6 Å². The van der Waals surface area contributed by atoms with E-state index in [0.29, 0.717) is 12.0 Å². The highest BCUT2D eigenvalue weighted by molar-refractivity contribution is 5.40. The fourth-order valence-corrected chi connectivity index (χ4v) is 3.03. The molecule has 4 nitrogen and oxygen atoms in total. The maximum atomic E-state index is 5.93. The van der Waals surface area contributed by atoms with E-state index < -0.39 is 0 Å². The summed E-state index contributed by atoms with van der Waals surface area (Å²) in [4.78, 5) is 2.39. The van der Waals surface area contributed by atoms with Crippen molar-refractivity contribution in [1.82, 2.24) is 10.2 Å². The number of aryl methyl sites for hydroxylation is 1. The van der Waals surface area contributed by atoms with Gasteiger partial charge in [0.25, 0.3) is 0 Å². The van der Waals surface area contributed by atoms with Gasteiger partial charge in [-0.25, -0.2) is 0 Å². The zero-order chi connectivity index (χ0) is 13.0. The molecule has 0 saturated heterocycles. The number of hydrogen-bond donors (Lipinski definition) is 1. The second-order valence-corrected chi connectivity index (χ2v) is 5.22. The Bertz CT molecular complexity index is 380. The van der Waals surface area contributed by atoms with Gasteiger partial charge in [0, 0.05) is 12.6 Å². The molecule has 0 bridgehead atoms. The minimum atomic E-state index is 0.532. The Morgan fingerprint density at radius 3 is 2.83 bits per heavy atom. The van der Waals surface area contributed by atoms with Crippen molar-refractivity contribution >= 4 is 5.82 Å². The van der Waals surface area contributed by atoms with Crippen LogP contribution in [-0.4, -0.2) is 29.3 Å². The Labute approximate surface area is 110 Å². The third-order valence-electron chi connectivity index (χ3n) is 3.99. The van der Waals surface area contributed by atoms with Crippen LogP contribution in [0.3, 0.4) is 0 Å². The molecular weight excluding hydrogens is 224 g/mol. The molecule has 0 spiro atoms. The van der Waals surface area contributed by atoms with Crippen LogP contribution in [0.2, 0.25) is 0 Å². The van der Waals surface area contributed by atoms with Crippen LogP contribution in [0.4, 0.5) is 5.82 Å². The van der Waals surface area contributed by atoms with Gasteiger partial charge in [-0.05, 0) is 50.8 Å². The SMILES string of the molecule is CCN(c1cc(C)cnn1)C1CCCCC1CN. The van der Waals surface area contributed by atoms with E-state index >= 15 is 0 Å². The van der Waals surface area contributed by atoms with E-state index in [2.05, 4.69) is 35.0 Å². The van der Waals surface area contributed by atoms with Crippen LogP contribution in [0.1, 0.15) is 38.2 Å². The first-order chi connectivity index (χ1) is 8.76. The summed E-state index contributed by atoms with van der Waals surface area (Å²) in [5.74, 6) is 1.60. The van der Waals surface area contributed by atoms with Gasteiger partial charge in [0.15, 0.2) is 5.82 Å². The Balaban J connectivity index is 2.21. The van der Waals surface area contributed by atoms with Crippen molar-refractivity contribution in [2.75, 3.05) is 18.0 Å². The molecule has 100 valence electrons. The third-order valence-corrected chi connectivity index (χ3v) is 3.99. The summed E-state index contributed by atoms with van der Waals surface area (Å²) in [5, 5.41) is 8.37. The molecular formula is C14H24N4. The van der Waals surface area contributed by atoms with Crippen molar-refractivity contribution in [1.29, 1.82) is 0 Å². The monoisotopic (exact) mass is 248 g/mol. The molecule has 4 heteroatoms. The smallest absolute Gasteiger partial charge is 0.151 e. The fraction of sp³-hybridized carbons (Fsp3) is 0.714. The molecule has 1 saturated carbocycles. The molecule has 1 aliphatic carbocycles. The standard InChI is InChI=1S/C14H24N4/c1-3-18(14-8-11(2)10-16-17-14)13-7-5-4-6-12(13)9-15/h8,10,12-13H,3-7,9,15H2,1-2H3. The number of anilines is 1. The predicted octanol–water partition coefficient (Wildman–Crippen LogP) is 2.13. The normalized spacial score (nSPS) is 23.9. The zero-order valence-electron chi connectivity index (χ0n) is 11.5. The quantitative estimate of drug-likeness (QED) is 0.887. The maximum Gasteiger partial charge on any atom is 0.151 e. The lowest BCUT2D eigenvalue weighted by Crippen LogP contribution is -2.45. The van der Waals surface area contributed by atoms with Gasteiger partial charge >= 0.3 is 0 Å². The molecule has 1 aromatic rings. The first kappa shape index (κ1) is 13.3. The van der Waals surface area contributed by atoms with Crippen LogP contribution in [0.15, 0.2) is 12.3 Å². The van der Waals surface area contributed by atoms with E-state index in [9.17, 15) is 0 Å². The summed E-state index contributed by atoms with van der Waals surface area (Å²) in [6, 6.07) is 2.66. The summed E-state index contributed by atoms with van der Waals surface area (Å²) in [6.45, 7) is 6.00. The molecule has 2 atom stereocenters. The zero-order valence-corrected chi connectivity index (χ0v) is 11.5. The molecule has 1 heterocycles. The molecule has 0 aliphatic heterocycles. The average Bonchev–Trinajstić information content (AvgIpc) is 2.40. The van der Waals surface area contributed by atoms with Crippen molar-refractivity contribution in [3.05, 3.63) is 17.8 Å². The topological polar surface area (TPSA) is 55.0 Å². The lowest BCUT2D eigenvalue weighted by Gasteiger charge is -2.39. The molecule has 18 heavy (non-hydrogen) atoms. The highest BCUT2D eigenvalue weighted by Gasteiger charge is 2.29. The first-order valence-electron chi connectivity index (χ1n) is 7.02. The molecule has 0 amide bonds. The number of hydrogen-bond acceptors (Lipinski definition) is 4. The largest absolute Gasteiger partial charge is 0.352 e. The molecule has 2 unspecified atom stereocenters. The van der Waals surface area contributed by atoms with Crippen LogP contribution in [0.25, 0.3) is 0 Å². The lowest BCUT2D eigenvalue weighted by molar-refractivity contribution is 0.299. The number of rotatable bonds is 4. The third kappa shape index (κ3) is 2.80. The molecule has 2 N–H and O–H groups in total. The number of aromatic nitrogens is 2. The van der Waals surface area contributed by atoms with Gasteiger partial charge < -0.3 is 10.6 Å². The summed E-state index contributed by atoms with van der Waals surface area (Å²) < 4.78 is 0.